The zero-order chi connectivity index (χ0) is 25.5. The van der Waals surface area contributed by atoms with Gasteiger partial charge in [0.1, 0.15) is 30.0 Å². The van der Waals surface area contributed by atoms with Crippen LogP contribution in [0.3, 0.4) is 0 Å². The van der Waals surface area contributed by atoms with E-state index in [1.807, 2.05) is 12.1 Å². The van der Waals surface area contributed by atoms with Gasteiger partial charge in [-0.1, -0.05) is 0 Å². The summed E-state index contributed by atoms with van der Waals surface area (Å²) in [5.74, 6) is 1.55. The molecule has 4 rings (SSSR count). The first-order chi connectivity index (χ1) is 17.5. The molecule has 12 heteroatoms. The zero-order valence-electron chi connectivity index (χ0n) is 19.8. The molecule has 0 aliphatic carbocycles. The highest BCUT2D eigenvalue weighted by atomic mass is 16.5. The van der Waals surface area contributed by atoms with E-state index >= 15 is 0 Å². The Morgan fingerprint density at radius 2 is 1.83 bits per heavy atom. The number of hydrogen-bond donors (Lipinski definition) is 4. The molecule has 2 heterocycles. The van der Waals surface area contributed by atoms with E-state index in [0.717, 1.165) is 4.68 Å². The minimum atomic E-state index is -0.620. The van der Waals surface area contributed by atoms with Gasteiger partial charge < -0.3 is 25.3 Å². The maximum absolute atomic E-state index is 12.7. The van der Waals surface area contributed by atoms with E-state index in [0.29, 0.717) is 47.4 Å². The number of aromatic amines is 1. The van der Waals surface area contributed by atoms with Gasteiger partial charge in [-0.3, -0.25) is 10.4 Å². The number of nitrogen functional groups attached to an aromatic ring is 1. The number of amidine groups is 1. The summed E-state index contributed by atoms with van der Waals surface area (Å²) in [6.07, 6.45) is 3.06. The lowest BCUT2D eigenvalue weighted by Gasteiger charge is -2.20. The number of hydrogen-bond acceptors (Lipinski definition) is 9. The third-order valence-electron chi connectivity index (χ3n) is 5.18. The third kappa shape index (κ3) is 5.67. The fraction of sp³-hybridized carbons (Fsp3) is 0.208. The Morgan fingerprint density at radius 3 is 2.50 bits per heavy atom. The van der Waals surface area contributed by atoms with Crippen LogP contribution in [0.25, 0.3) is 5.95 Å². The fourth-order valence-electron chi connectivity index (χ4n) is 3.43. The lowest BCUT2D eigenvalue weighted by molar-refractivity contribution is 0.146. The Hall–Kier alpha value is -4.71. The van der Waals surface area contributed by atoms with E-state index in [2.05, 4.69) is 25.4 Å². The van der Waals surface area contributed by atoms with E-state index in [9.17, 15) is 4.79 Å². The van der Waals surface area contributed by atoms with Crippen LogP contribution in [-0.4, -0.2) is 58.0 Å². The van der Waals surface area contributed by atoms with Crippen molar-refractivity contribution in [1.82, 2.24) is 24.7 Å². The minimum absolute atomic E-state index is 0.0327. The largest absolute Gasteiger partial charge is 0.497 e. The van der Waals surface area contributed by atoms with Gasteiger partial charge in [0, 0.05) is 36.8 Å². The van der Waals surface area contributed by atoms with Crippen molar-refractivity contribution in [2.75, 3.05) is 32.8 Å². The number of anilines is 1. The van der Waals surface area contributed by atoms with Crippen LogP contribution in [0.1, 0.15) is 23.0 Å². The van der Waals surface area contributed by atoms with Crippen LogP contribution < -0.4 is 26.2 Å². The zero-order valence-corrected chi connectivity index (χ0v) is 19.8. The first-order valence-electron chi connectivity index (χ1n) is 11.0. The van der Waals surface area contributed by atoms with Crippen molar-refractivity contribution < 1.29 is 14.2 Å². The molecule has 0 aliphatic heterocycles. The maximum Gasteiger partial charge on any atom is 0.350 e. The van der Waals surface area contributed by atoms with E-state index in [4.69, 9.17) is 25.4 Å². The number of H-pyrrole nitrogens is 1. The molecule has 4 aromatic rings. The summed E-state index contributed by atoms with van der Waals surface area (Å²) in [6.45, 7) is 0.774. The van der Waals surface area contributed by atoms with Crippen LogP contribution in [0.15, 0.2) is 65.7 Å². The molecule has 36 heavy (non-hydrogen) atoms. The molecule has 0 bridgehead atoms. The Labute approximate surface area is 206 Å². The smallest absolute Gasteiger partial charge is 0.350 e. The van der Waals surface area contributed by atoms with Crippen molar-refractivity contribution in [2.24, 2.45) is 5.73 Å². The van der Waals surface area contributed by atoms with Crippen molar-refractivity contribution in [1.29, 1.82) is 5.41 Å². The van der Waals surface area contributed by atoms with Gasteiger partial charge in [0.25, 0.3) is 5.95 Å². The standard InChI is InChI=1S/C24H26N8O4/c1-34-10-11-36-19-13-16(12-18(14-19)35-2)20(29-17-6-4-15(5-7-17)21(25)26)22-30-24(33)32(31-22)23-27-8-3-9-28-23/h3-9,12-14,20,29H,10-11H2,1-2H3,(H3,25,26)(H,30,31,33). The van der Waals surface area contributed by atoms with Gasteiger partial charge in [0.15, 0.2) is 5.82 Å². The average molecular weight is 491 g/mol. The van der Waals surface area contributed by atoms with Crippen LogP contribution in [-0.2, 0) is 4.74 Å². The normalized spacial score (nSPS) is 11.6. The number of benzene rings is 2. The highest BCUT2D eigenvalue weighted by molar-refractivity contribution is 5.95. The summed E-state index contributed by atoms with van der Waals surface area (Å²) < 4.78 is 17.5. The van der Waals surface area contributed by atoms with Crippen LogP contribution in [0, 0.1) is 5.41 Å². The summed E-state index contributed by atoms with van der Waals surface area (Å²) in [5.41, 5.74) is 7.10. The quantitative estimate of drug-likeness (QED) is 0.139. The predicted octanol–water partition coefficient (Wildman–Crippen LogP) is 1.87. The second kappa shape index (κ2) is 11.1. The highest BCUT2D eigenvalue weighted by Gasteiger charge is 2.22. The second-order valence-corrected chi connectivity index (χ2v) is 7.63. The number of nitrogens with one attached hydrogen (secondary N) is 3. The molecular formula is C24H26N8O4. The van der Waals surface area contributed by atoms with Crippen molar-refractivity contribution in [3.05, 3.63) is 88.4 Å². The van der Waals surface area contributed by atoms with Crippen LogP contribution in [0.2, 0.25) is 0 Å². The molecule has 0 radical (unpaired) electrons. The molecule has 1 atom stereocenters. The van der Waals surface area contributed by atoms with Crippen LogP contribution >= 0.6 is 0 Å². The van der Waals surface area contributed by atoms with E-state index < -0.39 is 11.7 Å². The third-order valence-corrected chi connectivity index (χ3v) is 5.18. The molecule has 0 aliphatic rings. The molecule has 0 saturated carbocycles. The SMILES string of the molecule is COCCOc1cc(OC)cc(C(Nc2ccc(C(=N)N)cc2)c2nn(-c3ncccn3)c(=O)[nH]2)c1. The summed E-state index contributed by atoms with van der Waals surface area (Å²) >= 11 is 0. The van der Waals surface area contributed by atoms with Gasteiger partial charge in [-0.05, 0) is 48.0 Å². The van der Waals surface area contributed by atoms with E-state index in [1.165, 1.54) is 12.4 Å². The summed E-state index contributed by atoms with van der Waals surface area (Å²) in [5, 5.41) is 15.5. The molecule has 0 spiro atoms. The predicted molar refractivity (Wildman–Crippen MR) is 133 cm³/mol. The van der Waals surface area contributed by atoms with Crippen molar-refractivity contribution in [3.63, 3.8) is 0 Å². The number of nitrogens with two attached hydrogens (primary N) is 1. The molecule has 5 N–H and O–H groups in total. The van der Waals surface area contributed by atoms with Crippen molar-refractivity contribution >= 4 is 11.5 Å². The van der Waals surface area contributed by atoms with Gasteiger partial charge >= 0.3 is 5.69 Å². The molecule has 1 unspecified atom stereocenters. The summed E-state index contributed by atoms with van der Waals surface area (Å²) in [4.78, 5) is 23.8. The van der Waals surface area contributed by atoms with Crippen molar-refractivity contribution in [2.45, 2.75) is 6.04 Å². The highest BCUT2D eigenvalue weighted by Crippen LogP contribution is 2.31. The van der Waals surface area contributed by atoms with Gasteiger partial charge in [0.05, 0.1) is 13.7 Å². The topological polar surface area (TPSA) is 166 Å². The number of ether oxygens (including phenoxy) is 3. The Morgan fingerprint density at radius 1 is 1.11 bits per heavy atom. The Bertz CT molecular complexity index is 1370. The van der Waals surface area contributed by atoms with Gasteiger partial charge in [-0.25, -0.2) is 14.8 Å². The molecule has 0 amide bonds. The van der Waals surface area contributed by atoms with Crippen LogP contribution in [0.4, 0.5) is 5.69 Å². The molecule has 12 nitrogen and oxygen atoms in total. The van der Waals surface area contributed by atoms with Gasteiger partial charge in [-0.2, -0.15) is 0 Å². The van der Waals surface area contributed by atoms with E-state index in [1.54, 1.807) is 50.6 Å². The maximum atomic E-state index is 12.7. The second-order valence-electron chi connectivity index (χ2n) is 7.63. The summed E-state index contributed by atoms with van der Waals surface area (Å²) in [7, 11) is 3.16. The fourth-order valence-corrected chi connectivity index (χ4v) is 3.43. The Balaban J connectivity index is 1.77. The molecule has 2 aromatic carbocycles. The number of methoxy groups -OCH3 is 2. The average Bonchev–Trinajstić information content (AvgIpc) is 3.29. The van der Waals surface area contributed by atoms with Crippen molar-refractivity contribution in [3.8, 4) is 17.4 Å². The lowest BCUT2D eigenvalue weighted by Crippen LogP contribution is -2.18. The summed E-state index contributed by atoms with van der Waals surface area (Å²) in [6, 6.07) is 13.5. The first-order valence-corrected chi connectivity index (χ1v) is 11.0. The first kappa shape index (κ1) is 24.4. The number of rotatable bonds is 11. The van der Waals surface area contributed by atoms with Crippen LogP contribution in [0.5, 0.6) is 11.5 Å². The van der Waals surface area contributed by atoms with Gasteiger partial charge in [0.2, 0.25) is 0 Å². The molecule has 2 aromatic heterocycles. The van der Waals surface area contributed by atoms with E-state index in [-0.39, 0.29) is 11.8 Å². The number of aromatic nitrogens is 5. The minimum Gasteiger partial charge on any atom is -0.497 e. The molecule has 186 valence electrons. The monoisotopic (exact) mass is 490 g/mol. The van der Waals surface area contributed by atoms with Gasteiger partial charge in [-0.15, -0.1) is 9.78 Å². The lowest BCUT2D eigenvalue weighted by atomic mass is 10.0. The number of nitrogens with zero attached hydrogens (tertiary/aromatic N) is 4. The molecule has 0 fully saturated rings. The molecular weight excluding hydrogens is 464 g/mol. The Kier molecular flexibility index (Phi) is 7.56. The molecule has 0 saturated heterocycles.